The largest absolute Gasteiger partial charge is 0.370 e. The molecular formula is C17H23N5. The van der Waals surface area contributed by atoms with Crippen molar-refractivity contribution in [1.82, 2.24) is 15.1 Å². The number of aliphatic imine (C=N–C) groups is 1. The Morgan fingerprint density at radius 2 is 2.09 bits per heavy atom. The Hall–Kier alpha value is -2.56. The minimum atomic E-state index is 0.422. The van der Waals surface area contributed by atoms with Crippen molar-refractivity contribution in [3.63, 3.8) is 0 Å². The maximum absolute atomic E-state index is 5.87. The highest BCUT2D eigenvalue weighted by molar-refractivity contribution is 5.78. The Balaban J connectivity index is 2.20. The Bertz CT molecular complexity index is 697. The molecule has 0 unspecified atom stereocenters. The molecule has 0 saturated heterocycles. The molecule has 0 aliphatic rings. The number of aryl methyl sites for hydroxylation is 2. The summed E-state index contributed by atoms with van der Waals surface area (Å²) in [6.07, 6.45) is 0. The van der Waals surface area contributed by atoms with E-state index in [2.05, 4.69) is 28.1 Å². The molecule has 1 aromatic heterocycles. The maximum Gasteiger partial charge on any atom is 0.189 e. The highest BCUT2D eigenvalue weighted by atomic mass is 15.3. The third-order valence-electron chi connectivity index (χ3n) is 3.22. The summed E-state index contributed by atoms with van der Waals surface area (Å²) < 4.78 is 1.94. The minimum absolute atomic E-state index is 0.422. The van der Waals surface area contributed by atoms with Crippen molar-refractivity contribution in [1.29, 1.82) is 0 Å². The molecule has 2 aromatic rings. The maximum atomic E-state index is 5.87. The van der Waals surface area contributed by atoms with E-state index in [4.69, 9.17) is 5.73 Å². The van der Waals surface area contributed by atoms with E-state index in [1.165, 1.54) is 0 Å². The SMILES string of the molecule is C=C(C)CNC(N)=NCc1ccccc1-n1nc(C)cc1C. The van der Waals surface area contributed by atoms with E-state index in [-0.39, 0.29) is 0 Å². The van der Waals surface area contributed by atoms with Crippen molar-refractivity contribution in [2.75, 3.05) is 6.54 Å². The third-order valence-corrected chi connectivity index (χ3v) is 3.22. The lowest BCUT2D eigenvalue weighted by Crippen LogP contribution is -2.32. The van der Waals surface area contributed by atoms with Gasteiger partial charge in [0.15, 0.2) is 5.96 Å². The first-order valence-electron chi connectivity index (χ1n) is 7.27. The predicted molar refractivity (Wildman–Crippen MR) is 91.2 cm³/mol. The summed E-state index contributed by atoms with van der Waals surface area (Å²) >= 11 is 0. The van der Waals surface area contributed by atoms with Gasteiger partial charge in [-0.15, -0.1) is 0 Å². The van der Waals surface area contributed by atoms with Crippen molar-refractivity contribution in [3.05, 3.63) is 59.4 Å². The molecule has 0 aliphatic carbocycles. The zero-order valence-corrected chi connectivity index (χ0v) is 13.4. The van der Waals surface area contributed by atoms with E-state index in [0.717, 1.165) is 28.2 Å². The summed E-state index contributed by atoms with van der Waals surface area (Å²) in [5.74, 6) is 0.422. The molecule has 0 radical (unpaired) electrons. The van der Waals surface area contributed by atoms with Crippen LogP contribution >= 0.6 is 0 Å². The number of nitrogens with two attached hydrogens (primary N) is 1. The molecule has 0 aliphatic heterocycles. The molecule has 2 rings (SSSR count). The Kier molecular flexibility index (Phi) is 4.99. The van der Waals surface area contributed by atoms with E-state index in [1.807, 2.05) is 49.7 Å². The average molecular weight is 297 g/mol. The van der Waals surface area contributed by atoms with Crippen LogP contribution in [0.15, 0.2) is 47.5 Å². The van der Waals surface area contributed by atoms with Crippen molar-refractivity contribution in [3.8, 4) is 5.69 Å². The lowest BCUT2D eigenvalue weighted by molar-refractivity contribution is 0.816. The molecule has 22 heavy (non-hydrogen) atoms. The fourth-order valence-electron chi connectivity index (χ4n) is 2.19. The van der Waals surface area contributed by atoms with Crippen LogP contribution in [0, 0.1) is 13.8 Å². The van der Waals surface area contributed by atoms with Gasteiger partial charge in [0.2, 0.25) is 0 Å². The Morgan fingerprint density at radius 3 is 2.73 bits per heavy atom. The van der Waals surface area contributed by atoms with Crippen LogP contribution < -0.4 is 11.1 Å². The molecule has 0 saturated carbocycles. The predicted octanol–water partition coefficient (Wildman–Crippen LogP) is 2.47. The fraction of sp³-hybridized carbons (Fsp3) is 0.294. The van der Waals surface area contributed by atoms with E-state index >= 15 is 0 Å². The van der Waals surface area contributed by atoms with Crippen molar-refractivity contribution in [2.24, 2.45) is 10.7 Å². The van der Waals surface area contributed by atoms with Crippen LogP contribution in [-0.4, -0.2) is 22.3 Å². The monoisotopic (exact) mass is 297 g/mol. The van der Waals surface area contributed by atoms with Crippen LogP contribution in [0.5, 0.6) is 0 Å². The highest BCUT2D eigenvalue weighted by Crippen LogP contribution is 2.17. The van der Waals surface area contributed by atoms with Crippen molar-refractivity contribution >= 4 is 5.96 Å². The average Bonchev–Trinajstić information content (AvgIpc) is 2.81. The Morgan fingerprint density at radius 1 is 1.36 bits per heavy atom. The van der Waals surface area contributed by atoms with Gasteiger partial charge in [-0.3, -0.25) is 0 Å². The summed E-state index contributed by atoms with van der Waals surface area (Å²) in [7, 11) is 0. The van der Waals surface area contributed by atoms with Gasteiger partial charge >= 0.3 is 0 Å². The molecule has 1 aromatic carbocycles. The number of aromatic nitrogens is 2. The number of benzene rings is 1. The normalized spacial score (nSPS) is 11.5. The smallest absolute Gasteiger partial charge is 0.189 e. The highest BCUT2D eigenvalue weighted by Gasteiger charge is 2.08. The number of guanidine groups is 1. The molecule has 3 N–H and O–H groups in total. The number of rotatable bonds is 5. The zero-order chi connectivity index (χ0) is 16.1. The fourth-order valence-corrected chi connectivity index (χ4v) is 2.19. The molecule has 0 bridgehead atoms. The standard InChI is InChI=1S/C17H23N5/c1-12(2)10-19-17(18)20-11-15-7-5-6-8-16(15)22-14(4)9-13(3)21-22/h5-9H,1,10-11H2,2-4H3,(H3,18,19,20). The third kappa shape index (κ3) is 3.97. The number of nitrogens with zero attached hydrogens (tertiary/aromatic N) is 3. The van der Waals surface area contributed by atoms with Crippen molar-refractivity contribution in [2.45, 2.75) is 27.3 Å². The molecule has 1 heterocycles. The number of para-hydroxylation sites is 1. The first kappa shape index (κ1) is 15.8. The summed E-state index contributed by atoms with van der Waals surface area (Å²) in [4.78, 5) is 4.39. The molecule has 0 fully saturated rings. The van der Waals surface area contributed by atoms with E-state index < -0.39 is 0 Å². The van der Waals surface area contributed by atoms with Gasteiger partial charge in [0.05, 0.1) is 17.9 Å². The van der Waals surface area contributed by atoms with Crippen LogP contribution in [-0.2, 0) is 6.54 Å². The van der Waals surface area contributed by atoms with Crippen LogP contribution in [0.3, 0.4) is 0 Å². The van der Waals surface area contributed by atoms with E-state index in [1.54, 1.807) is 0 Å². The number of hydrogen-bond donors (Lipinski definition) is 2. The van der Waals surface area contributed by atoms with Gasteiger partial charge in [0.25, 0.3) is 0 Å². The van der Waals surface area contributed by atoms with Crippen LogP contribution in [0.1, 0.15) is 23.9 Å². The molecule has 116 valence electrons. The first-order valence-corrected chi connectivity index (χ1v) is 7.27. The van der Waals surface area contributed by atoms with Gasteiger partial charge in [-0.1, -0.05) is 30.4 Å². The van der Waals surface area contributed by atoms with Gasteiger partial charge in [-0.2, -0.15) is 5.10 Å². The summed E-state index contributed by atoms with van der Waals surface area (Å²) in [6.45, 7) is 10.9. The van der Waals surface area contributed by atoms with Gasteiger partial charge in [-0.05, 0) is 38.5 Å². The second kappa shape index (κ2) is 6.93. The molecule has 0 atom stereocenters. The molecule has 5 heteroatoms. The van der Waals surface area contributed by atoms with Gasteiger partial charge < -0.3 is 11.1 Å². The summed E-state index contributed by atoms with van der Waals surface area (Å²) in [5.41, 5.74) is 11.1. The zero-order valence-electron chi connectivity index (χ0n) is 13.4. The molecule has 0 spiro atoms. The minimum Gasteiger partial charge on any atom is -0.370 e. The first-order chi connectivity index (χ1) is 10.5. The van der Waals surface area contributed by atoms with Crippen molar-refractivity contribution < 1.29 is 0 Å². The van der Waals surface area contributed by atoms with E-state index in [0.29, 0.717) is 19.0 Å². The van der Waals surface area contributed by atoms with E-state index in [9.17, 15) is 0 Å². The molecule has 0 amide bonds. The number of hydrogen-bond acceptors (Lipinski definition) is 2. The summed E-state index contributed by atoms with van der Waals surface area (Å²) in [5, 5.41) is 7.57. The van der Waals surface area contributed by atoms with Gasteiger partial charge in [0, 0.05) is 12.2 Å². The lowest BCUT2D eigenvalue weighted by Gasteiger charge is -2.10. The number of nitrogens with one attached hydrogen (secondary N) is 1. The molecule has 5 nitrogen and oxygen atoms in total. The van der Waals surface area contributed by atoms with Gasteiger partial charge in [-0.25, -0.2) is 9.67 Å². The van der Waals surface area contributed by atoms with Crippen LogP contribution in [0.25, 0.3) is 5.69 Å². The van der Waals surface area contributed by atoms with Crippen LogP contribution in [0.4, 0.5) is 0 Å². The second-order valence-electron chi connectivity index (χ2n) is 5.48. The lowest BCUT2D eigenvalue weighted by atomic mass is 10.2. The van der Waals surface area contributed by atoms with Crippen LogP contribution in [0.2, 0.25) is 0 Å². The van der Waals surface area contributed by atoms with Gasteiger partial charge in [0.1, 0.15) is 0 Å². The molecular weight excluding hydrogens is 274 g/mol. The Labute approximate surface area is 131 Å². The quantitative estimate of drug-likeness (QED) is 0.506. The second-order valence-corrected chi connectivity index (χ2v) is 5.48. The topological polar surface area (TPSA) is 68.2 Å². The summed E-state index contributed by atoms with van der Waals surface area (Å²) in [6, 6.07) is 10.1.